The number of hydrogen-bond donors (Lipinski definition) is 0. The van der Waals surface area contributed by atoms with Crippen LogP contribution in [0.2, 0.25) is 0 Å². The smallest absolute Gasteiger partial charge is 0.289 e. The van der Waals surface area contributed by atoms with Crippen molar-refractivity contribution in [1.82, 2.24) is 0 Å². The summed E-state index contributed by atoms with van der Waals surface area (Å²) < 4.78 is 0. The molecule has 8 nitrogen and oxygen atoms in total. The monoisotopic (exact) mass is 472 g/mol. The number of nitrogens with zero attached hydrogens (tertiary/aromatic N) is 1. The summed E-state index contributed by atoms with van der Waals surface area (Å²) in [6, 6.07) is 0. The first-order chi connectivity index (χ1) is 16.0. The van der Waals surface area contributed by atoms with Crippen molar-refractivity contribution in [3.8, 4) is 0 Å². The van der Waals surface area contributed by atoms with Crippen molar-refractivity contribution in [2.75, 3.05) is 13.2 Å². The summed E-state index contributed by atoms with van der Waals surface area (Å²) in [6.45, 7) is 10.3. The van der Waals surface area contributed by atoms with Gasteiger partial charge >= 0.3 is 5.09 Å². The first-order valence-corrected chi connectivity index (χ1v) is 11.6. The fourth-order valence-electron chi connectivity index (χ4n) is 4.04. The molecule has 0 bridgehead atoms. The van der Waals surface area contributed by atoms with Gasteiger partial charge in [-0.2, -0.15) is 9.68 Å². The second kappa shape index (κ2) is 11.8. The standard InChI is InChI=1S/C26H34NO7/c1-15-17(3)25(30)21(19(5)23(15)28)11-7-9-13-33-27(32)34-14-10-8-12-22-20(6)24(29)16(2)18(4)26(22)31/h7-14H2,1-6H3/q+1. The number of carbonyl (C=O) groups excluding carboxylic acids is 4. The molecular formula is C26H34NO7+. The Morgan fingerprint density at radius 1 is 0.500 bits per heavy atom. The van der Waals surface area contributed by atoms with E-state index in [2.05, 4.69) is 0 Å². The molecule has 0 atom stereocenters. The van der Waals surface area contributed by atoms with E-state index in [-0.39, 0.29) is 41.4 Å². The van der Waals surface area contributed by atoms with Gasteiger partial charge in [0.25, 0.3) is 0 Å². The maximum Gasteiger partial charge on any atom is 0.477 e. The number of hydrogen-bond acceptors (Lipinski definition) is 7. The van der Waals surface area contributed by atoms with E-state index >= 15 is 0 Å². The number of rotatable bonds is 12. The van der Waals surface area contributed by atoms with Crippen LogP contribution in [-0.2, 0) is 28.9 Å². The molecule has 0 saturated carbocycles. The maximum absolute atomic E-state index is 12.4. The quantitative estimate of drug-likeness (QED) is 0.232. The Bertz CT molecular complexity index is 971. The van der Waals surface area contributed by atoms with E-state index in [9.17, 15) is 24.1 Å². The molecule has 0 aromatic heterocycles. The fraction of sp³-hybridized carbons (Fsp3) is 0.538. The summed E-state index contributed by atoms with van der Waals surface area (Å²) in [5, 5.41) is 0.0755. The van der Waals surface area contributed by atoms with Gasteiger partial charge < -0.3 is 0 Å². The van der Waals surface area contributed by atoms with Crippen LogP contribution in [0.15, 0.2) is 44.6 Å². The van der Waals surface area contributed by atoms with Gasteiger partial charge in [0.05, 0.1) is 0 Å². The first-order valence-electron chi connectivity index (χ1n) is 11.6. The summed E-state index contributed by atoms with van der Waals surface area (Å²) in [5.41, 5.74) is 4.05. The topological polar surface area (TPSA) is 107 Å². The molecule has 0 spiro atoms. The van der Waals surface area contributed by atoms with Crippen molar-refractivity contribution >= 4 is 23.1 Å². The summed E-state index contributed by atoms with van der Waals surface area (Å²) in [4.78, 5) is 70.8. The van der Waals surface area contributed by atoms with Crippen LogP contribution in [0, 0.1) is 4.91 Å². The highest BCUT2D eigenvalue weighted by Crippen LogP contribution is 2.28. The average molecular weight is 473 g/mol. The zero-order valence-electron chi connectivity index (χ0n) is 21.0. The Kier molecular flexibility index (Phi) is 9.41. The van der Waals surface area contributed by atoms with Gasteiger partial charge in [0.15, 0.2) is 36.3 Å². The third-order valence-corrected chi connectivity index (χ3v) is 6.66. The SMILES string of the molecule is CC1=C(C)C(=O)C(CCCCO[N+](=O)OCCCCC2=C(C)C(=O)C(C)=C(C)C2=O)=C(C)C1=O. The van der Waals surface area contributed by atoms with Crippen LogP contribution in [0.5, 0.6) is 0 Å². The van der Waals surface area contributed by atoms with Crippen molar-refractivity contribution in [1.29, 1.82) is 0 Å². The molecule has 0 heterocycles. The van der Waals surface area contributed by atoms with Gasteiger partial charge in [-0.1, -0.05) is 0 Å². The van der Waals surface area contributed by atoms with Crippen LogP contribution in [0.4, 0.5) is 0 Å². The molecule has 0 radical (unpaired) electrons. The molecule has 2 aliphatic rings. The molecule has 0 saturated heterocycles. The van der Waals surface area contributed by atoms with Crippen molar-refractivity contribution in [2.45, 2.75) is 80.1 Å². The molecule has 0 amide bonds. The summed E-state index contributed by atoms with van der Waals surface area (Å²) >= 11 is 0. The number of Topliss-reactive ketones (excluding diaryl/α,β-unsaturated/α-hetero) is 4. The summed E-state index contributed by atoms with van der Waals surface area (Å²) in [5.74, 6) is -0.350. The highest BCUT2D eigenvalue weighted by molar-refractivity contribution is 6.25. The fourth-order valence-corrected chi connectivity index (χ4v) is 4.04. The lowest BCUT2D eigenvalue weighted by Crippen LogP contribution is -2.21. The van der Waals surface area contributed by atoms with Crippen LogP contribution in [0.3, 0.4) is 0 Å². The lowest BCUT2D eigenvalue weighted by molar-refractivity contribution is -0.981. The molecule has 0 aromatic carbocycles. The van der Waals surface area contributed by atoms with E-state index in [1.54, 1.807) is 41.5 Å². The molecular weight excluding hydrogens is 438 g/mol. The molecule has 0 fully saturated rings. The zero-order chi connectivity index (χ0) is 25.6. The molecule has 34 heavy (non-hydrogen) atoms. The van der Waals surface area contributed by atoms with Crippen LogP contribution < -0.4 is 0 Å². The minimum absolute atomic E-state index is 0.0755. The van der Waals surface area contributed by atoms with Crippen molar-refractivity contribution in [3.63, 3.8) is 0 Å². The van der Waals surface area contributed by atoms with Gasteiger partial charge in [0, 0.05) is 44.6 Å². The number of ketones is 4. The minimum atomic E-state index is -0.0879. The minimum Gasteiger partial charge on any atom is -0.289 e. The molecule has 8 heteroatoms. The third-order valence-electron chi connectivity index (χ3n) is 6.66. The predicted octanol–water partition coefficient (Wildman–Crippen LogP) is 4.58. The van der Waals surface area contributed by atoms with E-state index in [0.717, 1.165) is 0 Å². The van der Waals surface area contributed by atoms with Gasteiger partial charge in [0.1, 0.15) is 4.91 Å². The first kappa shape index (κ1) is 27.1. The van der Waals surface area contributed by atoms with E-state index in [1.807, 2.05) is 0 Å². The highest BCUT2D eigenvalue weighted by Gasteiger charge is 2.28. The van der Waals surface area contributed by atoms with Gasteiger partial charge in [-0.05, 0) is 80.1 Å². The molecule has 0 aliphatic heterocycles. The number of carbonyl (C=O) groups is 4. The second-order valence-electron chi connectivity index (χ2n) is 8.83. The van der Waals surface area contributed by atoms with Crippen LogP contribution in [-0.4, -0.2) is 41.4 Å². The number of allylic oxidation sites excluding steroid dienone is 8. The summed E-state index contributed by atoms with van der Waals surface area (Å²) in [7, 11) is 0. The van der Waals surface area contributed by atoms with Gasteiger partial charge in [-0.3, -0.25) is 19.2 Å². The third kappa shape index (κ3) is 6.04. The van der Waals surface area contributed by atoms with Crippen molar-refractivity contribution in [2.24, 2.45) is 0 Å². The van der Waals surface area contributed by atoms with Crippen LogP contribution >= 0.6 is 0 Å². The molecule has 2 aliphatic carbocycles. The zero-order valence-corrected chi connectivity index (χ0v) is 21.0. The number of unbranched alkanes of at least 4 members (excludes halogenated alkanes) is 2. The summed E-state index contributed by atoms with van der Waals surface area (Å²) in [6.07, 6.45) is 3.15. The maximum atomic E-state index is 12.4. The van der Waals surface area contributed by atoms with Crippen LogP contribution in [0.1, 0.15) is 80.1 Å². The highest BCUT2D eigenvalue weighted by atomic mass is 17.0. The lowest BCUT2D eigenvalue weighted by Gasteiger charge is -2.18. The normalized spacial score (nSPS) is 17.4. The van der Waals surface area contributed by atoms with E-state index in [1.165, 1.54) is 0 Å². The Labute approximate surface area is 200 Å². The Balaban J connectivity index is 1.63. The Morgan fingerprint density at radius 3 is 1.18 bits per heavy atom. The average Bonchev–Trinajstić information content (AvgIpc) is 2.82. The molecule has 0 unspecified atom stereocenters. The van der Waals surface area contributed by atoms with Gasteiger partial charge in [-0.15, -0.1) is 0 Å². The molecule has 184 valence electrons. The second-order valence-corrected chi connectivity index (χ2v) is 8.83. The Hall–Kier alpha value is -3.16. The van der Waals surface area contributed by atoms with Crippen molar-refractivity contribution < 1.29 is 33.9 Å². The largest absolute Gasteiger partial charge is 0.477 e. The molecule has 0 aromatic rings. The van der Waals surface area contributed by atoms with Gasteiger partial charge in [-0.25, -0.2) is 0 Å². The Morgan fingerprint density at radius 2 is 0.824 bits per heavy atom. The van der Waals surface area contributed by atoms with Crippen LogP contribution in [0.25, 0.3) is 0 Å². The van der Waals surface area contributed by atoms with E-state index < -0.39 is 0 Å². The van der Waals surface area contributed by atoms with Crippen molar-refractivity contribution in [3.05, 3.63) is 49.5 Å². The van der Waals surface area contributed by atoms with E-state index in [4.69, 9.17) is 9.68 Å². The molecule has 0 N–H and O–H groups in total. The van der Waals surface area contributed by atoms with Gasteiger partial charge in [0.2, 0.25) is 0 Å². The van der Waals surface area contributed by atoms with E-state index in [0.29, 0.717) is 83.1 Å². The predicted molar refractivity (Wildman–Crippen MR) is 125 cm³/mol. The lowest BCUT2D eigenvalue weighted by atomic mass is 9.84. The molecule has 2 rings (SSSR count).